The van der Waals surface area contributed by atoms with Crippen molar-refractivity contribution in [2.45, 2.75) is 52.5 Å². The number of pyridine rings is 1. The smallest absolute Gasteiger partial charge is 0.215 e. The number of rotatable bonds is 4. The van der Waals surface area contributed by atoms with Gasteiger partial charge < -0.3 is 10.1 Å². The minimum atomic E-state index is 0.452. The van der Waals surface area contributed by atoms with Gasteiger partial charge in [-0.05, 0) is 37.7 Å². The van der Waals surface area contributed by atoms with Gasteiger partial charge in [0.2, 0.25) is 5.88 Å². The van der Waals surface area contributed by atoms with Crippen LogP contribution in [0.15, 0.2) is 18.2 Å². The Labute approximate surface area is 110 Å². The fourth-order valence-electron chi connectivity index (χ4n) is 2.75. The summed E-state index contributed by atoms with van der Waals surface area (Å²) >= 11 is 0. The van der Waals surface area contributed by atoms with Crippen molar-refractivity contribution in [3.63, 3.8) is 0 Å². The molecule has 1 aromatic rings. The molecule has 0 aliphatic heterocycles. The zero-order valence-electron chi connectivity index (χ0n) is 11.7. The molecule has 3 nitrogen and oxygen atoms in total. The monoisotopic (exact) mass is 248 g/mol. The molecule has 0 saturated heterocycles. The Bertz CT molecular complexity index is 390. The van der Waals surface area contributed by atoms with Crippen molar-refractivity contribution < 1.29 is 4.74 Å². The molecule has 0 radical (unpaired) electrons. The molecule has 0 bridgehead atoms. The molecule has 2 rings (SSSR count). The van der Waals surface area contributed by atoms with E-state index < -0.39 is 0 Å². The fourth-order valence-corrected chi connectivity index (χ4v) is 2.75. The summed E-state index contributed by atoms with van der Waals surface area (Å²) in [6.07, 6.45) is 5.09. The quantitative estimate of drug-likeness (QED) is 0.878. The van der Waals surface area contributed by atoms with E-state index in [-0.39, 0.29) is 0 Å². The maximum atomic E-state index is 5.43. The van der Waals surface area contributed by atoms with Crippen molar-refractivity contribution in [3.8, 4) is 5.88 Å². The van der Waals surface area contributed by atoms with Gasteiger partial charge in [0, 0.05) is 12.1 Å². The van der Waals surface area contributed by atoms with Crippen LogP contribution in [0.3, 0.4) is 0 Å². The Morgan fingerprint density at radius 3 is 3.00 bits per heavy atom. The van der Waals surface area contributed by atoms with E-state index >= 15 is 0 Å². The Hall–Kier alpha value is -1.25. The van der Waals surface area contributed by atoms with Gasteiger partial charge in [0.15, 0.2) is 0 Å². The van der Waals surface area contributed by atoms with Crippen molar-refractivity contribution in [1.29, 1.82) is 0 Å². The molecule has 1 heterocycles. The minimum Gasteiger partial charge on any atom is -0.478 e. The highest BCUT2D eigenvalue weighted by Gasteiger charge is 2.27. The van der Waals surface area contributed by atoms with E-state index in [4.69, 9.17) is 4.74 Å². The van der Waals surface area contributed by atoms with Crippen LogP contribution in [0.25, 0.3) is 0 Å². The first-order valence-electron chi connectivity index (χ1n) is 6.95. The second kappa shape index (κ2) is 5.59. The molecule has 1 aliphatic carbocycles. The van der Waals surface area contributed by atoms with Crippen LogP contribution in [0.4, 0.5) is 5.82 Å². The third kappa shape index (κ3) is 3.62. The van der Waals surface area contributed by atoms with E-state index in [9.17, 15) is 0 Å². The summed E-state index contributed by atoms with van der Waals surface area (Å²) < 4.78 is 5.43. The van der Waals surface area contributed by atoms with Crippen molar-refractivity contribution in [1.82, 2.24) is 4.98 Å². The van der Waals surface area contributed by atoms with Gasteiger partial charge in [-0.15, -0.1) is 0 Å². The van der Waals surface area contributed by atoms with E-state index in [0.717, 1.165) is 5.82 Å². The van der Waals surface area contributed by atoms with E-state index in [0.29, 0.717) is 23.9 Å². The van der Waals surface area contributed by atoms with Crippen molar-refractivity contribution in [3.05, 3.63) is 18.2 Å². The van der Waals surface area contributed by atoms with Crippen molar-refractivity contribution in [2.24, 2.45) is 5.41 Å². The largest absolute Gasteiger partial charge is 0.478 e. The summed E-state index contributed by atoms with van der Waals surface area (Å²) in [5.41, 5.74) is 0.452. The van der Waals surface area contributed by atoms with Gasteiger partial charge in [0.1, 0.15) is 5.82 Å². The van der Waals surface area contributed by atoms with Gasteiger partial charge >= 0.3 is 0 Å². The minimum absolute atomic E-state index is 0.452. The molecule has 3 heteroatoms. The molecule has 0 spiro atoms. The molecule has 1 aliphatic rings. The van der Waals surface area contributed by atoms with Gasteiger partial charge in [-0.1, -0.05) is 26.3 Å². The Morgan fingerprint density at radius 2 is 2.28 bits per heavy atom. The second-order valence-electron chi connectivity index (χ2n) is 5.90. The van der Waals surface area contributed by atoms with Crippen molar-refractivity contribution >= 4 is 5.82 Å². The highest BCUT2D eigenvalue weighted by Crippen LogP contribution is 2.36. The fraction of sp³-hybridized carbons (Fsp3) is 0.667. The Balaban J connectivity index is 1.98. The first kappa shape index (κ1) is 13.2. The van der Waals surface area contributed by atoms with Gasteiger partial charge in [0.25, 0.3) is 0 Å². The van der Waals surface area contributed by atoms with Gasteiger partial charge in [0.05, 0.1) is 6.61 Å². The number of ether oxygens (including phenoxy) is 1. The number of aromatic nitrogens is 1. The lowest BCUT2D eigenvalue weighted by Crippen LogP contribution is -2.32. The number of nitrogens with zero attached hydrogens (tertiary/aromatic N) is 1. The lowest BCUT2D eigenvalue weighted by Gasteiger charge is -2.35. The third-order valence-corrected chi connectivity index (χ3v) is 3.57. The molecule has 18 heavy (non-hydrogen) atoms. The molecule has 1 unspecified atom stereocenters. The van der Waals surface area contributed by atoms with Gasteiger partial charge in [-0.2, -0.15) is 4.98 Å². The van der Waals surface area contributed by atoms with Gasteiger partial charge in [-0.3, -0.25) is 0 Å². The predicted octanol–water partition coefficient (Wildman–Crippen LogP) is 3.86. The molecule has 0 amide bonds. The highest BCUT2D eigenvalue weighted by atomic mass is 16.5. The number of anilines is 1. The van der Waals surface area contributed by atoms with Crippen LogP contribution in [0.1, 0.15) is 46.5 Å². The average molecular weight is 248 g/mol. The first-order valence-corrected chi connectivity index (χ1v) is 6.95. The third-order valence-electron chi connectivity index (χ3n) is 3.57. The summed E-state index contributed by atoms with van der Waals surface area (Å²) in [4.78, 5) is 4.47. The van der Waals surface area contributed by atoms with Crippen LogP contribution < -0.4 is 10.1 Å². The van der Waals surface area contributed by atoms with E-state index in [1.54, 1.807) is 0 Å². The molecule has 100 valence electrons. The standard InChI is InChI=1S/C15H24N2O/c1-4-18-14-9-5-8-13(17-14)16-12-7-6-10-15(2,3)11-12/h5,8-9,12H,4,6-7,10-11H2,1-3H3,(H,16,17). The lowest BCUT2D eigenvalue weighted by atomic mass is 9.75. The number of hydrogen-bond acceptors (Lipinski definition) is 3. The van der Waals surface area contributed by atoms with Crippen molar-refractivity contribution in [2.75, 3.05) is 11.9 Å². The normalized spacial score (nSPS) is 22.5. The summed E-state index contributed by atoms with van der Waals surface area (Å²) in [5, 5.41) is 3.54. The molecule has 0 aromatic carbocycles. The van der Waals surface area contributed by atoms with E-state index in [1.165, 1.54) is 25.7 Å². The van der Waals surface area contributed by atoms with E-state index in [1.807, 2.05) is 25.1 Å². The molecule has 1 N–H and O–H groups in total. The van der Waals surface area contributed by atoms with Crippen LogP contribution >= 0.6 is 0 Å². The van der Waals surface area contributed by atoms with Crippen LogP contribution in [-0.4, -0.2) is 17.6 Å². The average Bonchev–Trinajstić information content (AvgIpc) is 2.28. The Kier molecular flexibility index (Phi) is 4.10. The van der Waals surface area contributed by atoms with Crippen LogP contribution in [-0.2, 0) is 0 Å². The maximum Gasteiger partial charge on any atom is 0.215 e. The topological polar surface area (TPSA) is 34.1 Å². The van der Waals surface area contributed by atoms with E-state index in [2.05, 4.69) is 24.1 Å². The lowest BCUT2D eigenvalue weighted by molar-refractivity contribution is 0.229. The Morgan fingerprint density at radius 1 is 1.44 bits per heavy atom. The zero-order chi connectivity index (χ0) is 13.0. The number of nitrogens with one attached hydrogen (secondary N) is 1. The second-order valence-corrected chi connectivity index (χ2v) is 5.90. The van der Waals surface area contributed by atoms with Crippen LogP contribution in [0, 0.1) is 5.41 Å². The molecule has 1 fully saturated rings. The summed E-state index contributed by atoms with van der Waals surface area (Å²) in [7, 11) is 0. The molecule has 1 saturated carbocycles. The predicted molar refractivity (Wildman–Crippen MR) is 75.1 cm³/mol. The van der Waals surface area contributed by atoms with Gasteiger partial charge in [-0.25, -0.2) is 0 Å². The highest BCUT2D eigenvalue weighted by molar-refractivity contribution is 5.38. The molecule has 1 atom stereocenters. The zero-order valence-corrected chi connectivity index (χ0v) is 11.7. The van der Waals surface area contributed by atoms with Crippen LogP contribution in [0.5, 0.6) is 5.88 Å². The SMILES string of the molecule is CCOc1cccc(NC2CCCC(C)(C)C2)n1. The van der Waals surface area contributed by atoms with Crippen LogP contribution in [0.2, 0.25) is 0 Å². The number of hydrogen-bond donors (Lipinski definition) is 1. The molecular formula is C15H24N2O. The molecular weight excluding hydrogens is 224 g/mol. The summed E-state index contributed by atoms with van der Waals surface area (Å²) in [6.45, 7) is 7.34. The molecule has 1 aromatic heterocycles. The first-order chi connectivity index (χ1) is 8.59. The summed E-state index contributed by atoms with van der Waals surface area (Å²) in [6, 6.07) is 6.45. The maximum absolute atomic E-state index is 5.43. The summed E-state index contributed by atoms with van der Waals surface area (Å²) in [5.74, 6) is 1.64.